The molecule has 0 aliphatic heterocycles. The number of carbonyl (C=O) groups is 1. The van der Waals surface area contributed by atoms with Gasteiger partial charge in [-0.05, 0) is 36.6 Å². The van der Waals surface area contributed by atoms with Gasteiger partial charge in [-0.2, -0.15) is 0 Å². The summed E-state index contributed by atoms with van der Waals surface area (Å²) in [4.78, 5) is 42.1. The van der Waals surface area contributed by atoms with Gasteiger partial charge in [-0.3, -0.25) is 19.1 Å². The zero-order valence-corrected chi connectivity index (χ0v) is 19.5. The summed E-state index contributed by atoms with van der Waals surface area (Å²) in [6.45, 7) is 4.27. The molecule has 0 fully saturated rings. The predicted octanol–water partition coefficient (Wildman–Crippen LogP) is 3.37. The molecule has 0 spiro atoms. The molecule has 4 N–H and O–H groups in total. The van der Waals surface area contributed by atoms with E-state index in [0.29, 0.717) is 17.1 Å². The van der Waals surface area contributed by atoms with Crippen molar-refractivity contribution in [1.29, 1.82) is 0 Å². The lowest BCUT2D eigenvalue weighted by atomic mass is 10.2. The fourth-order valence-corrected chi connectivity index (χ4v) is 3.77. The number of halogens is 1. The smallest absolute Gasteiger partial charge is 0.330 e. The fraction of sp³-hybridized carbons (Fsp3) is 0.292. The van der Waals surface area contributed by atoms with Crippen LogP contribution in [0.15, 0.2) is 58.1 Å². The minimum Gasteiger partial charge on any atom is -0.383 e. The standard InChI is InChI=1S/C24H28ClN5O3/c1-3-4-12-29(20(31)14-27-19-11-10-16(2)13-18(19)25)21-22(26)30(24(33)28-23(21)32)15-17-8-6-5-7-9-17/h5-11,13,27H,3-4,12,14-15,26H2,1-2H3,(H,28,32,33). The Morgan fingerprint density at radius 1 is 1.18 bits per heavy atom. The van der Waals surface area contributed by atoms with Crippen LogP contribution < -0.4 is 27.2 Å². The number of nitrogens with one attached hydrogen (secondary N) is 2. The molecule has 2 aromatic carbocycles. The third kappa shape index (κ3) is 5.84. The largest absolute Gasteiger partial charge is 0.383 e. The van der Waals surface area contributed by atoms with E-state index in [0.717, 1.165) is 17.5 Å². The van der Waals surface area contributed by atoms with E-state index in [1.807, 2.05) is 50.2 Å². The molecule has 3 rings (SSSR count). The molecular formula is C24H28ClN5O3. The summed E-state index contributed by atoms with van der Waals surface area (Å²) < 4.78 is 1.27. The van der Waals surface area contributed by atoms with Crippen molar-refractivity contribution in [2.75, 3.05) is 29.0 Å². The van der Waals surface area contributed by atoms with Gasteiger partial charge in [-0.25, -0.2) is 4.79 Å². The van der Waals surface area contributed by atoms with Crippen LogP contribution in [0.1, 0.15) is 30.9 Å². The molecule has 0 atom stereocenters. The van der Waals surface area contributed by atoms with Crippen LogP contribution in [0.4, 0.5) is 17.2 Å². The molecule has 0 unspecified atom stereocenters. The number of unbranched alkanes of at least 4 members (excludes halogenated alkanes) is 1. The average Bonchev–Trinajstić information content (AvgIpc) is 2.78. The number of H-pyrrole nitrogens is 1. The van der Waals surface area contributed by atoms with Crippen LogP contribution >= 0.6 is 11.6 Å². The van der Waals surface area contributed by atoms with Gasteiger partial charge in [0.2, 0.25) is 5.91 Å². The summed E-state index contributed by atoms with van der Waals surface area (Å²) in [5.74, 6) is -0.410. The maximum absolute atomic E-state index is 13.2. The van der Waals surface area contributed by atoms with E-state index in [-0.39, 0.29) is 37.0 Å². The highest BCUT2D eigenvalue weighted by Crippen LogP contribution is 2.23. The number of aromatic nitrogens is 2. The van der Waals surface area contributed by atoms with Crippen molar-refractivity contribution in [2.45, 2.75) is 33.2 Å². The third-order valence-corrected chi connectivity index (χ3v) is 5.57. The summed E-state index contributed by atoms with van der Waals surface area (Å²) in [6.07, 6.45) is 1.47. The van der Waals surface area contributed by atoms with Crippen molar-refractivity contribution in [1.82, 2.24) is 9.55 Å². The molecule has 1 heterocycles. The lowest BCUT2D eigenvalue weighted by Gasteiger charge is -2.25. The minimum absolute atomic E-state index is 0.0271. The van der Waals surface area contributed by atoms with Crippen molar-refractivity contribution in [3.63, 3.8) is 0 Å². The molecular weight excluding hydrogens is 442 g/mol. The Kier molecular flexibility index (Phi) is 7.95. The molecule has 3 aromatic rings. The fourth-order valence-electron chi connectivity index (χ4n) is 3.47. The van der Waals surface area contributed by atoms with E-state index in [2.05, 4.69) is 10.3 Å². The lowest BCUT2D eigenvalue weighted by molar-refractivity contribution is -0.117. The Morgan fingerprint density at radius 3 is 2.58 bits per heavy atom. The SMILES string of the molecule is CCCCN(C(=O)CNc1ccc(C)cc1Cl)c1c(N)n(Cc2ccccc2)c(=O)[nH]c1=O. The Balaban J connectivity index is 1.93. The Hall–Kier alpha value is -3.52. The van der Waals surface area contributed by atoms with Gasteiger partial charge in [0.15, 0.2) is 5.69 Å². The van der Waals surface area contributed by atoms with E-state index >= 15 is 0 Å². The number of anilines is 3. The second kappa shape index (κ2) is 10.9. The van der Waals surface area contributed by atoms with Crippen LogP contribution in [-0.2, 0) is 11.3 Å². The third-order valence-electron chi connectivity index (χ3n) is 5.26. The van der Waals surface area contributed by atoms with Gasteiger partial charge < -0.3 is 16.0 Å². The molecule has 33 heavy (non-hydrogen) atoms. The molecule has 0 saturated heterocycles. The second-order valence-electron chi connectivity index (χ2n) is 7.80. The first-order valence-corrected chi connectivity index (χ1v) is 11.2. The van der Waals surface area contributed by atoms with Gasteiger partial charge in [0, 0.05) is 6.54 Å². The first kappa shape index (κ1) is 24.1. The highest BCUT2D eigenvalue weighted by Gasteiger charge is 2.24. The lowest BCUT2D eigenvalue weighted by Crippen LogP contribution is -2.43. The number of nitrogens with two attached hydrogens (primary N) is 1. The van der Waals surface area contributed by atoms with Gasteiger partial charge in [0.25, 0.3) is 5.56 Å². The van der Waals surface area contributed by atoms with Crippen molar-refractivity contribution < 1.29 is 4.79 Å². The number of nitrogen functional groups attached to an aromatic ring is 1. The van der Waals surface area contributed by atoms with Gasteiger partial charge >= 0.3 is 5.69 Å². The minimum atomic E-state index is -0.695. The highest BCUT2D eigenvalue weighted by atomic mass is 35.5. The average molecular weight is 470 g/mol. The van der Waals surface area contributed by atoms with Crippen LogP contribution in [0, 0.1) is 6.92 Å². The monoisotopic (exact) mass is 469 g/mol. The molecule has 174 valence electrons. The number of hydrogen-bond acceptors (Lipinski definition) is 5. The quantitative estimate of drug-likeness (QED) is 0.444. The summed E-state index contributed by atoms with van der Waals surface area (Å²) in [6, 6.07) is 14.7. The van der Waals surface area contributed by atoms with Gasteiger partial charge in [0.1, 0.15) is 5.82 Å². The number of benzene rings is 2. The molecule has 0 aliphatic carbocycles. The number of rotatable bonds is 9. The summed E-state index contributed by atoms with van der Waals surface area (Å²) in [5.41, 5.74) is 7.40. The van der Waals surface area contributed by atoms with Crippen LogP contribution in [-0.4, -0.2) is 28.5 Å². The molecule has 0 saturated carbocycles. The van der Waals surface area contributed by atoms with Crippen LogP contribution in [0.3, 0.4) is 0 Å². The number of amides is 1. The zero-order valence-electron chi connectivity index (χ0n) is 18.7. The van der Waals surface area contributed by atoms with Crippen molar-refractivity contribution >= 4 is 34.7 Å². The van der Waals surface area contributed by atoms with E-state index in [4.69, 9.17) is 17.3 Å². The van der Waals surface area contributed by atoms with Crippen molar-refractivity contribution in [3.05, 3.63) is 85.5 Å². The Bertz CT molecular complexity index is 1240. The first-order valence-electron chi connectivity index (χ1n) is 10.8. The zero-order chi connectivity index (χ0) is 24.0. The Labute approximate surface area is 197 Å². The molecule has 0 bridgehead atoms. The van der Waals surface area contributed by atoms with Crippen LogP contribution in [0.25, 0.3) is 0 Å². The molecule has 9 heteroatoms. The molecule has 0 aliphatic rings. The van der Waals surface area contributed by atoms with E-state index in [1.165, 1.54) is 9.47 Å². The first-order chi connectivity index (χ1) is 15.8. The number of aryl methyl sites for hydroxylation is 1. The van der Waals surface area contributed by atoms with Gasteiger partial charge in [-0.15, -0.1) is 0 Å². The molecule has 8 nitrogen and oxygen atoms in total. The normalized spacial score (nSPS) is 10.8. The predicted molar refractivity (Wildman–Crippen MR) is 133 cm³/mol. The highest BCUT2D eigenvalue weighted by molar-refractivity contribution is 6.33. The van der Waals surface area contributed by atoms with E-state index in [1.54, 1.807) is 12.1 Å². The maximum Gasteiger partial charge on any atom is 0.330 e. The van der Waals surface area contributed by atoms with Crippen LogP contribution in [0.2, 0.25) is 5.02 Å². The number of carbonyl (C=O) groups excluding carboxylic acids is 1. The topological polar surface area (TPSA) is 113 Å². The summed E-state index contributed by atoms with van der Waals surface area (Å²) in [7, 11) is 0. The van der Waals surface area contributed by atoms with Gasteiger partial charge in [0.05, 0.1) is 23.8 Å². The van der Waals surface area contributed by atoms with Gasteiger partial charge in [-0.1, -0.05) is 61.3 Å². The van der Waals surface area contributed by atoms with Crippen molar-refractivity contribution in [2.24, 2.45) is 0 Å². The number of aromatic amines is 1. The maximum atomic E-state index is 13.2. The van der Waals surface area contributed by atoms with Crippen molar-refractivity contribution in [3.8, 4) is 0 Å². The van der Waals surface area contributed by atoms with E-state index in [9.17, 15) is 14.4 Å². The number of nitrogens with zero attached hydrogens (tertiary/aromatic N) is 2. The molecule has 1 amide bonds. The Morgan fingerprint density at radius 2 is 1.91 bits per heavy atom. The van der Waals surface area contributed by atoms with E-state index < -0.39 is 11.2 Å². The van der Waals surface area contributed by atoms with Crippen LogP contribution in [0.5, 0.6) is 0 Å². The molecule has 1 aromatic heterocycles. The number of hydrogen-bond donors (Lipinski definition) is 3. The summed E-state index contributed by atoms with van der Waals surface area (Å²) >= 11 is 6.26. The second-order valence-corrected chi connectivity index (χ2v) is 8.21. The molecule has 0 radical (unpaired) electrons. The summed E-state index contributed by atoms with van der Waals surface area (Å²) in [5, 5.41) is 3.52.